The molecule has 3 aliphatic rings. The molecule has 0 aromatic carbocycles. The molecule has 1 saturated carbocycles. The van der Waals surface area contributed by atoms with Crippen molar-refractivity contribution in [1.82, 2.24) is 19.6 Å². The SMILES string of the molecule is CC(=O)N1CCN(C(=O)[C@H](C2CCCC2)N2CCN(C(=O)c3cccs3)CC2)CC1. The molecule has 3 amide bonds. The van der Waals surface area contributed by atoms with Crippen LogP contribution in [0, 0.1) is 5.92 Å². The van der Waals surface area contributed by atoms with Crippen LogP contribution < -0.4 is 0 Å². The van der Waals surface area contributed by atoms with Gasteiger partial charge in [0, 0.05) is 59.3 Å². The minimum Gasteiger partial charge on any atom is -0.339 e. The quantitative estimate of drug-likeness (QED) is 0.727. The summed E-state index contributed by atoms with van der Waals surface area (Å²) in [5.74, 6) is 0.820. The first-order valence-corrected chi connectivity index (χ1v) is 12.0. The Morgan fingerprint density at radius 3 is 2.07 bits per heavy atom. The van der Waals surface area contributed by atoms with E-state index in [4.69, 9.17) is 0 Å². The second-order valence-electron chi connectivity index (χ2n) is 8.63. The van der Waals surface area contributed by atoms with Crippen molar-refractivity contribution in [2.24, 2.45) is 5.92 Å². The zero-order valence-electron chi connectivity index (χ0n) is 17.8. The minimum absolute atomic E-state index is 0.0842. The lowest BCUT2D eigenvalue weighted by Crippen LogP contribution is -2.60. The van der Waals surface area contributed by atoms with Crippen LogP contribution in [0.2, 0.25) is 0 Å². The van der Waals surface area contributed by atoms with Crippen molar-refractivity contribution in [3.63, 3.8) is 0 Å². The van der Waals surface area contributed by atoms with Crippen molar-refractivity contribution in [3.8, 4) is 0 Å². The van der Waals surface area contributed by atoms with Crippen LogP contribution in [0.5, 0.6) is 0 Å². The van der Waals surface area contributed by atoms with E-state index in [1.54, 1.807) is 6.92 Å². The van der Waals surface area contributed by atoms with Crippen molar-refractivity contribution in [1.29, 1.82) is 0 Å². The van der Waals surface area contributed by atoms with Gasteiger partial charge in [0.15, 0.2) is 0 Å². The number of thiophene rings is 1. The van der Waals surface area contributed by atoms with Gasteiger partial charge in [-0.15, -0.1) is 11.3 Å². The number of nitrogens with zero attached hydrogens (tertiary/aromatic N) is 4. The molecule has 30 heavy (non-hydrogen) atoms. The summed E-state index contributed by atoms with van der Waals surface area (Å²) >= 11 is 1.48. The number of rotatable bonds is 4. The highest BCUT2D eigenvalue weighted by Crippen LogP contribution is 2.32. The van der Waals surface area contributed by atoms with Crippen molar-refractivity contribution < 1.29 is 14.4 Å². The fourth-order valence-electron chi connectivity index (χ4n) is 5.12. The number of piperazine rings is 2. The summed E-state index contributed by atoms with van der Waals surface area (Å²) in [5.41, 5.74) is 0. The van der Waals surface area contributed by atoms with E-state index in [9.17, 15) is 14.4 Å². The van der Waals surface area contributed by atoms with E-state index in [0.29, 0.717) is 45.2 Å². The maximum absolute atomic E-state index is 13.6. The Morgan fingerprint density at radius 1 is 0.900 bits per heavy atom. The Hall–Kier alpha value is -1.93. The third-order valence-corrected chi connectivity index (χ3v) is 7.72. The maximum Gasteiger partial charge on any atom is 0.264 e. The Bertz CT molecular complexity index is 746. The van der Waals surface area contributed by atoms with E-state index in [1.807, 2.05) is 32.2 Å². The van der Waals surface area contributed by atoms with Crippen molar-refractivity contribution in [2.75, 3.05) is 52.4 Å². The molecule has 3 heterocycles. The van der Waals surface area contributed by atoms with Crippen LogP contribution in [0.15, 0.2) is 17.5 Å². The molecule has 7 nitrogen and oxygen atoms in total. The second-order valence-corrected chi connectivity index (χ2v) is 9.57. The average Bonchev–Trinajstić information content (AvgIpc) is 3.48. The minimum atomic E-state index is -0.0876. The number of carbonyl (C=O) groups excluding carboxylic acids is 3. The van der Waals surface area contributed by atoms with Crippen LogP contribution >= 0.6 is 11.3 Å². The van der Waals surface area contributed by atoms with E-state index in [-0.39, 0.29) is 23.8 Å². The average molecular weight is 433 g/mol. The van der Waals surface area contributed by atoms with Gasteiger partial charge in [-0.05, 0) is 30.2 Å². The molecule has 0 N–H and O–H groups in total. The number of hydrogen-bond acceptors (Lipinski definition) is 5. The topological polar surface area (TPSA) is 64.2 Å². The number of hydrogen-bond donors (Lipinski definition) is 0. The number of amides is 3. The van der Waals surface area contributed by atoms with Gasteiger partial charge >= 0.3 is 0 Å². The Balaban J connectivity index is 1.40. The van der Waals surface area contributed by atoms with Gasteiger partial charge in [-0.3, -0.25) is 19.3 Å². The number of carbonyl (C=O) groups is 3. The van der Waals surface area contributed by atoms with Crippen LogP contribution in [0.3, 0.4) is 0 Å². The predicted molar refractivity (Wildman–Crippen MR) is 116 cm³/mol. The molecule has 3 fully saturated rings. The molecule has 1 aromatic rings. The summed E-state index contributed by atoms with van der Waals surface area (Å²) in [6.45, 7) is 6.93. The van der Waals surface area contributed by atoms with Gasteiger partial charge in [-0.1, -0.05) is 18.9 Å². The summed E-state index contributed by atoms with van der Waals surface area (Å²) in [6.07, 6.45) is 4.61. The van der Waals surface area contributed by atoms with Gasteiger partial charge in [0.25, 0.3) is 5.91 Å². The molecule has 1 atom stereocenters. The molecule has 0 radical (unpaired) electrons. The molecule has 164 valence electrons. The van der Waals surface area contributed by atoms with E-state index in [0.717, 1.165) is 30.8 Å². The molecular formula is C22H32N4O3S. The predicted octanol–water partition coefficient (Wildman–Crippen LogP) is 1.76. The van der Waals surface area contributed by atoms with Crippen LogP contribution in [0.4, 0.5) is 0 Å². The zero-order chi connectivity index (χ0) is 21.1. The van der Waals surface area contributed by atoms with E-state index in [1.165, 1.54) is 24.2 Å². The normalized spacial score (nSPS) is 22.4. The third kappa shape index (κ3) is 4.54. The fourth-order valence-corrected chi connectivity index (χ4v) is 5.81. The monoisotopic (exact) mass is 432 g/mol. The highest BCUT2D eigenvalue weighted by Gasteiger charge is 2.40. The van der Waals surface area contributed by atoms with E-state index < -0.39 is 0 Å². The maximum atomic E-state index is 13.6. The lowest BCUT2D eigenvalue weighted by molar-refractivity contribution is -0.144. The summed E-state index contributed by atoms with van der Waals surface area (Å²) in [4.78, 5) is 46.7. The second kappa shape index (κ2) is 9.47. The fraction of sp³-hybridized carbons (Fsp3) is 0.682. The van der Waals surface area contributed by atoms with Gasteiger partial charge in [0.05, 0.1) is 10.9 Å². The molecular weight excluding hydrogens is 400 g/mol. The van der Waals surface area contributed by atoms with E-state index >= 15 is 0 Å². The molecule has 0 unspecified atom stereocenters. The Labute approximate surface area is 182 Å². The highest BCUT2D eigenvalue weighted by molar-refractivity contribution is 7.12. The smallest absolute Gasteiger partial charge is 0.264 e. The lowest BCUT2D eigenvalue weighted by atomic mass is 9.94. The zero-order valence-corrected chi connectivity index (χ0v) is 18.6. The lowest BCUT2D eigenvalue weighted by Gasteiger charge is -2.43. The van der Waals surface area contributed by atoms with Gasteiger partial charge in [-0.25, -0.2) is 0 Å². The molecule has 2 aliphatic heterocycles. The van der Waals surface area contributed by atoms with Crippen molar-refractivity contribution >= 4 is 29.1 Å². The summed E-state index contributed by atoms with van der Waals surface area (Å²) in [5, 5.41) is 1.93. The molecule has 2 saturated heterocycles. The molecule has 1 aliphatic carbocycles. The highest BCUT2D eigenvalue weighted by atomic mass is 32.1. The Morgan fingerprint density at radius 2 is 1.50 bits per heavy atom. The largest absolute Gasteiger partial charge is 0.339 e. The van der Waals surface area contributed by atoms with Crippen molar-refractivity contribution in [2.45, 2.75) is 38.6 Å². The van der Waals surface area contributed by atoms with Gasteiger partial charge in [0.1, 0.15) is 0 Å². The van der Waals surface area contributed by atoms with Crippen LogP contribution in [0.1, 0.15) is 42.3 Å². The molecule has 0 spiro atoms. The van der Waals surface area contributed by atoms with Crippen LogP contribution in [0.25, 0.3) is 0 Å². The standard InChI is InChI=1S/C22H32N4O3S/c1-17(27)23-8-12-26(13-9-23)22(29)20(18-5-2-3-6-18)24-10-14-25(15-11-24)21(28)19-7-4-16-30-19/h4,7,16,18,20H,2-3,5-6,8-15H2,1H3/t20-/m0/s1. The van der Waals surface area contributed by atoms with Crippen LogP contribution in [-0.4, -0.2) is 95.7 Å². The first-order valence-electron chi connectivity index (χ1n) is 11.2. The van der Waals surface area contributed by atoms with Crippen molar-refractivity contribution in [3.05, 3.63) is 22.4 Å². The summed E-state index contributed by atoms with van der Waals surface area (Å²) in [6, 6.07) is 3.70. The molecule has 4 rings (SSSR count). The van der Waals surface area contributed by atoms with Gasteiger partial charge < -0.3 is 14.7 Å². The summed E-state index contributed by atoms with van der Waals surface area (Å²) in [7, 11) is 0. The molecule has 8 heteroatoms. The summed E-state index contributed by atoms with van der Waals surface area (Å²) < 4.78 is 0. The van der Waals surface area contributed by atoms with Gasteiger partial charge in [0.2, 0.25) is 11.8 Å². The molecule has 1 aromatic heterocycles. The van der Waals surface area contributed by atoms with Crippen LogP contribution in [-0.2, 0) is 9.59 Å². The first-order chi connectivity index (χ1) is 14.5. The Kier molecular flexibility index (Phi) is 6.73. The first kappa shape index (κ1) is 21.3. The van der Waals surface area contributed by atoms with E-state index in [2.05, 4.69) is 4.90 Å². The third-order valence-electron chi connectivity index (χ3n) is 6.86. The molecule has 0 bridgehead atoms. The van der Waals surface area contributed by atoms with Gasteiger partial charge in [-0.2, -0.15) is 0 Å².